The second kappa shape index (κ2) is 10.2. The lowest BCUT2D eigenvalue weighted by atomic mass is 10.2. The van der Waals surface area contributed by atoms with Gasteiger partial charge in [0.25, 0.3) is 0 Å². The average Bonchev–Trinajstić information content (AvgIpc) is 3.42. The monoisotopic (exact) mass is 441 g/mol. The smallest absolute Gasteiger partial charge is 0.249 e. The fraction of sp³-hybridized carbons (Fsp3) is 0.417. The highest BCUT2D eigenvalue weighted by Crippen LogP contribution is 2.22. The molecule has 164 valence electrons. The second-order valence-electron chi connectivity index (χ2n) is 7.82. The van der Waals surface area contributed by atoms with E-state index in [2.05, 4.69) is 16.0 Å². The molecule has 1 N–H and O–H groups in total. The number of imidazole rings is 1. The van der Waals surface area contributed by atoms with Crippen LogP contribution in [0.5, 0.6) is 5.75 Å². The van der Waals surface area contributed by atoms with Crippen LogP contribution in [0, 0.1) is 6.92 Å². The van der Waals surface area contributed by atoms with Crippen LogP contribution in [0.15, 0.2) is 42.5 Å². The molecule has 7 heteroatoms. The normalized spacial score (nSPS) is 16.0. The van der Waals surface area contributed by atoms with Crippen molar-refractivity contribution in [1.82, 2.24) is 14.9 Å². The Kier molecular flexibility index (Phi) is 7.10. The van der Waals surface area contributed by atoms with Crippen molar-refractivity contribution in [1.29, 1.82) is 0 Å². The highest BCUT2D eigenvalue weighted by atomic mass is 35.5. The fourth-order valence-corrected chi connectivity index (χ4v) is 4.00. The highest BCUT2D eigenvalue weighted by molar-refractivity contribution is 6.31. The molecule has 1 saturated heterocycles. The number of amides is 1. The summed E-state index contributed by atoms with van der Waals surface area (Å²) in [5, 5.41) is 3.73. The second-order valence-corrected chi connectivity index (χ2v) is 8.23. The number of carbonyl (C=O) groups excluding carboxylic acids is 1. The number of halogens is 1. The van der Waals surface area contributed by atoms with Crippen LogP contribution in [-0.2, 0) is 22.5 Å². The van der Waals surface area contributed by atoms with E-state index in [1.54, 1.807) is 0 Å². The Labute approximate surface area is 187 Å². The number of nitrogens with one attached hydrogen (secondary N) is 1. The summed E-state index contributed by atoms with van der Waals surface area (Å²) in [6, 6.07) is 13.8. The Hall–Kier alpha value is -2.57. The van der Waals surface area contributed by atoms with Crippen LogP contribution >= 0.6 is 11.6 Å². The molecular formula is C24H28ClN3O3. The van der Waals surface area contributed by atoms with Crippen LogP contribution in [0.3, 0.4) is 0 Å². The number of hydrogen-bond acceptors (Lipinski definition) is 4. The summed E-state index contributed by atoms with van der Waals surface area (Å²) in [6.07, 6.45) is 2.97. The number of benzene rings is 2. The van der Waals surface area contributed by atoms with E-state index in [0.29, 0.717) is 26.2 Å². The number of aryl methyl sites for hydroxylation is 2. The molecule has 3 aromatic rings. The van der Waals surface area contributed by atoms with E-state index in [9.17, 15) is 4.79 Å². The number of nitrogens with zero attached hydrogens (tertiary/aromatic N) is 2. The van der Waals surface area contributed by atoms with Crippen LogP contribution in [0.2, 0.25) is 5.02 Å². The van der Waals surface area contributed by atoms with Gasteiger partial charge in [0.2, 0.25) is 5.91 Å². The van der Waals surface area contributed by atoms with E-state index in [0.717, 1.165) is 59.0 Å². The Balaban J connectivity index is 1.35. The molecule has 31 heavy (non-hydrogen) atoms. The molecular weight excluding hydrogens is 414 g/mol. The van der Waals surface area contributed by atoms with Gasteiger partial charge in [0.05, 0.1) is 17.6 Å². The number of aromatic nitrogens is 2. The molecule has 0 radical (unpaired) electrons. The summed E-state index contributed by atoms with van der Waals surface area (Å²) in [5.74, 6) is 1.78. The minimum atomic E-state index is -0.299. The van der Waals surface area contributed by atoms with Gasteiger partial charge in [-0.15, -0.1) is 0 Å². The Bertz CT molecular complexity index is 1040. The van der Waals surface area contributed by atoms with E-state index >= 15 is 0 Å². The molecule has 1 unspecified atom stereocenters. The lowest BCUT2D eigenvalue weighted by Gasteiger charge is -2.12. The molecule has 6 nitrogen and oxygen atoms in total. The van der Waals surface area contributed by atoms with Crippen LogP contribution < -0.4 is 10.1 Å². The lowest BCUT2D eigenvalue weighted by Crippen LogP contribution is -2.35. The maximum atomic E-state index is 12.2. The van der Waals surface area contributed by atoms with Crippen molar-refractivity contribution in [2.75, 3.05) is 19.8 Å². The van der Waals surface area contributed by atoms with Crippen LogP contribution in [0.25, 0.3) is 11.0 Å². The van der Waals surface area contributed by atoms with Crippen molar-refractivity contribution in [3.63, 3.8) is 0 Å². The largest absolute Gasteiger partial charge is 0.494 e. The minimum absolute atomic E-state index is 0.0215. The van der Waals surface area contributed by atoms with Crippen molar-refractivity contribution in [2.45, 2.75) is 45.3 Å². The topological polar surface area (TPSA) is 65.4 Å². The molecule has 0 spiro atoms. The molecule has 0 bridgehead atoms. The first-order valence-electron chi connectivity index (χ1n) is 10.8. The number of fused-ring (bicyclic) bond motifs is 1. The van der Waals surface area contributed by atoms with Gasteiger partial charge in [0, 0.05) is 31.1 Å². The summed E-state index contributed by atoms with van der Waals surface area (Å²) in [4.78, 5) is 17.0. The van der Waals surface area contributed by atoms with Crippen LogP contribution in [0.1, 0.15) is 30.7 Å². The zero-order valence-corrected chi connectivity index (χ0v) is 18.5. The number of para-hydroxylation sites is 2. The van der Waals surface area contributed by atoms with Gasteiger partial charge < -0.3 is 19.4 Å². The molecule has 1 fully saturated rings. The van der Waals surface area contributed by atoms with Gasteiger partial charge in [0.15, 0.2) is 0 Å². The highest BCUT2D eigenvalue weighted by Gasteiger charge is 2.23. The first-order chi connectivity index (χ1) is 15.1. The third kappa shape index (κ3) is 5.38. The Morgan fingerprint density at radius 3 is 3.00 bits per heavy atom. The zero-order valence-electron chi connectivity index (χ0n) is 17.8. The number of hydrogen-bond donors (Lipinski definition) is 1. The zero-order chi connectivity index (χ0) is 21.6. The molecule has 1 aliphatic heterocycles. The molecule has 2 aromatic carbocycles. The van der Waals surface area contributed by atoms with Crippen molar-refractivity contribution in [3.8, 4) is 5.75 Å². The summed E-state index contributed by atoms with van der Waals surface area (Å²) in [5.41, 5.74) is 3.08. The van der Waals surface area contributed by atoms with Gasteiger partial charge in [-0.2, -0.15) is 0 Å². The van der Waals surface area contributed by atoms with Crippen molar-refractivity contribution >= 4 is 28.5 Å². The third-order valence-electron chi connectivity index (χ3n) is 5.53. The van der Waals surface area contributed by atoms with E-state index < -0.39 is 0 Å². The molecule has 0 saturated carbocycles. The average molecular weight is 442 g/mol. The van der Waals surface area contributed by atoms with Crippen molar-refractivity contribution < 1.29 is 14.3 Å². The summed E-state index contributed by atoms with van der Waals surface area (Å²) in [6.45, 7) is 4.58. The van der Waals surface area contributed by atoms with Crippen LogP contribution in [0.4, 0.5) is 0 Å². The summed E-state index contributed by atoms with van der Waals surface area (Å²) >= 11 is 6.08. The SMILES string of the molecule is Cc1cc(OCCCn2c(CCNC(=O)C3CCCO3)nc3ccccc32)ccc1Cl. The lowest BCUT2D eigenvalue weighted by molar-refractivity contribution is -0.130. The van der Waals surface area contributed by atoms with Gasteiger partial charge in [-0.05, 0) is 62.1 Å². The molecule has 1 atom stereocenters. The predicted octanol–water partition coefficient (Wildman–Crippen LogP) is 4.30. The van der Waals surface area contributed by atoms with Gasteiger partial charge >= 0.3 is 0 Å². The number of carbonyl (C=O) groups is 1. The molecule has 4 rings (SSSR count). The van der Waals surface area contributed by atoms with Gasteiger partial charge in [0.1, 0.15) is 17.7 Å². The van der Waals surface area contributed by atoms with Crippen LogP contribution in [-0.4, -0.2) is 41.3 Å². The van der Waals surface area contributed by atoms with Gasteiger partial charge in [-0.25, -0.2) is 4.98 Å². The molecule has 0 aliphatic carbocycles. The summed E-state index contributed by atoms with van der Waals surface area (Å²) < 4.78 is 13.6. The predicted molar refractivity (Wildman–Crippen MR) is 122 cm³/mol. The fourth-order valence-electron chi connectivity index (χ4n) is 3.88. The van der Waals surface area contributed by atoms with E-state index in [-0.39, 0.29) is 12.0 Å². The first-order valence-corrected chi connectivity index (χ1v) is 11.2. The van der Waals surface area contributed by atoms with E-state index in [4.69, 9.17) is 26.1 Å². The van der Waals surface area contributed by atoms with E-state index in [1.807, 2.05) is 43.3 Å². The molecule has 1 aromatic heterocycles. The molecule has 1 amide bonds. The maximum absolute atomic E-state index is 12.2. The van der Waals surface area contributed by atoms with Crippen molar-refractivity contribution in [2.24, 2.45) is 0 Å². The van der Waals surface area contributed by atoms with Crippen molar-refractivity contribution in [3.05, 3.63) is 58.9 Å². The minimum Gasteiger partial charge on any atom is -0.494 e. The Morgan fingerprint density at radius 2 is 2.19 bits per heavy atom. The standard InChI is InChI=1S/C24H28ClN3O3/c1-17-16-18(9-10-19(17)25)30-15-5-13-28-21-7-3-2-6-20(21)27-23(28)11-12-26-24(29)22-8-4-14-31-22/h2-3,6-7,9-10,16,22H,4-5,8,11-15H2,1H3,(H,26,29). The molecule has 2 heterocycles. The molecule has 1 aliphatic rings. The number of ether oxygens (including phenoxy) is 2. The quantitative estimate of drug-likeness (QED) is 0.502. The Morgan fingerprint density at radius 1 is 1.32 bits per heavy atom. The summed E-state index contributed by atoms with van der Waals surface area (Å²) in [7, 11) is 0. The van der Waals surface area contributed by atoms with E-state index in [1.165, 1.54) is 0 Å². The van der Waals surface area contributed by atoms with Gasteiger partial charge in [-0.3, -0.25) is 4.79 Å². The number of rotatable bonds is 9. The maximum Gasteiger partial charge on any atom is 0.249 e. The first kappa shape index (κ1) is 21.7. The third-order valence-corrected chi connectivity index (χ3v) is 5.95. The van der Waals surface area contributed by atoms with Gasteiger partial charge in [-0.1, -0.05) is 23.7 Å².